The summed E-state index contributed by atoms with van der Waals surface area (Å²) in [6.45, 7) is -0.340. The lowest BCUT2D eigenvalue weighted by Crippen LogP contribution is -2.04. The lowest BCUT2D eigenvalue weighted by Gasteiger charge is -1.91. The summed E-state index contributed by atoms with van der Waals surface area (Å²) >= 11 is 0. The molecule has 1 fully saturated rings. The van der Waals surface area contributed by atoms with Crippen LogP contribution in [-0.2, 0) is 0 Å². The maximum absolute atomic E-state index is 11.9. The van der Waals surface area contributed by atoms with Crippen molar-refractivity contribution in [1.82, 2.24) is 0 Å². The lowest BCUT2D eigenvalue weighted by atomic mass is 10.4. The van der Waals surface area contributed by atoms with Gasteiger partial charge in [-0.3, -0.25) is 0 Å². The van der Waals surface area contributed by atoms with Gasteiger partial charge in [0.25, 0.3) is 0 Å². The Morgan fingerprint density at radius 3 is 2.50 bits per heavy atom. The Bertz CT molecular complexity index is 58.6. The average molecular weight is 89.1 g/mol. The highest BCUT2D eigenvalue weighted by molar-refractivity contribution is 5.12. The van der Waals surface area contributed by atoms with Gasteiger partial charge >= 0.3 is 0 Å². The van der Waals surface area contributed by atoms with Gasteiger partial charge in [0.2, 0.25) is 0 Å². The number of rotatable bonds is 1. The monoisotopic (exact) mass is 89.0 g/mol. The fourth-order valence-corrected chi connectivity index (χ4v) is 0.240. The molecule has 1 unspecified atom stereocenters. The van der Waals surface area contributed by atoms with E-state index in [0.29, 0.717) is 6.42 Å². The maximum atomic E-state index is 11.9. The van der Waals surface area contributed by atoms with Crippen molar-refractivity contribution < 1.29 is 9.50 Å². The second kappa shape index (κ2) is 0.936. The molecule has 1 radical (unpaired) electrons. The molecule has 0 aromatic carbocycles. The number of halogens is 1. The first-order valence-corrected chi connectivity index (χ1v) is 1.91. The zero-order valence-electron chi connectivity index (χ0n) is 3.32. The molecule has 35 valence electrons. The first-order chi connectivity index (χ1) is 2.77. The molecule has 0 amide bonds. The van der Waals surface area contributed by atoms with Crippen LogP contribution in [-0.4, -0.2) is 17.4 Å². The molecule has 1 aliphatic carbocycles. The van der Waals surface area contributed by atoms with Crippen LogP contribution >= 0.6 is 0 Å². The first kappa shape index (κ1) is 4.06. The quantitative estimate of drug-likeness (QED) is 0.489. The molecule has 0 aromatic heterocycles. The van der Waals surface area contributed by atoms with Crippen LogP contribution in [0.25, 0.3) is 0 Å². The molecule has 0 heterocycles. The van der Waals surface area contributed by atoms with E-state index in [-0.39, 0.29) is 6.61 Å². The molecule has 0 aliphatic heterocycles. The molecule has 0 aromatic rings. The van der Waals surface area contributed by atoms with E-state index in [1.165, 1.54) is 6.42 Å². The zero-order valence-corrected chi connectivity index (χ0v) is 3.32. The second-order valence-corrected chi connectivity index (χ2v) is 1.60. The normalized spacial score (nSPS) is 27.0. The zero-order chi connectivity index (χ0) is 4.62. The standard InChI is InChI=1S/C4H6FO/c5-4(3-6)1-2-4/h1,6H,2-3H2. The summed E-state index contributed by atoms with van der Waals surface area (Å²) in [5.41, 5.74) is -1.28. The third-order valence-corrected chi connectivity index (χ3v) is 0.910. The van der Waals surface area contributed by atoms with Gasteiger partial charge in [0.15, 0.2) is 0 Å². The third-order valence-electron chi connectivity index (χ3n) is 0.910. The topological polar surface area (TPSA) is 20.2 Å². The second-order valence-electron chi connectivity index (χ2n) is 1.60. The maximum Gasteiger partial charge on any atom is 0.137 e. The number of aliphatic hydroxyl groups excluding tert-OH is 1. The van der Waals surface area contributed by atoms with E-state index in [4.69, 9.17) is 5.11 Å². The lowest BCUT2D eigenvalue weighted by molar-refractivity contribution is 0.169. The minimum atomic E-state index is -1.28. The summed E-state index contributed by atoms with van der Waals surface area (Å²) < 4.78 is 11.9. The predicted molar refractivity (Wildman–Crippen MR) is 19.8 cm³/mol. The van der Waals surface area contributed by atoms with Gasteiger partial charge in [-0.2, -0.15) is 0 Å². The molecule has 1 nitrogen and oxygen atoms in total. The van der Waals surface area contributed by atoms with E-state index in [0.717, 1.165) is 0 Å². The van der Waals surface area contributed by atoms with E-state index in [1.807, 2.05) is 0 Å². The summed E-state index contributed by atoms with van der Waals surface area (Å²) in [6, 6.07) is 0. The Hall–Kier alpha value is -0.110. The molecule has 1 atom stereocenters. The van der Waals surface area contributed by atoms with Gasteiger partial charge in [0.05, 0.1) is 6.61 Å². The van der Waals surface area contributed by atoms with Crippen LogP contribution in [0.4, 0.5) is 4.39 Å². The molecule has 1 aliphatic rings. The number of alkyl halides is 1. The van der Waals surface area contributed by atoms with Gasteiger partial charge in [0.1, 0.15) is 5.67 Å². The van der Waals surface area contributed by atoms with Crippen LogP contribution in [0, 0.1) is 6.42 Å². The minimum Gasteiger partial charge on any atom is -0.393 e. The molecule has 1 N–H and O–H groups in total. The van der Waals surface area contributed by atoms with Gasteiger partial charge in [-0.25, -0.2) is 4.39 Å². The summed E-state index contributed by atoms with van der Waals surface area (Å²) in [5.74, 6) is 0. The molecular weight excluding hydrogens is 83.0 g/mol. The Labute approximate surface area is 35.8 Å². The predicted octanol–water partition coefficient (Wildman–Crippen LogP) is 0.295. The fourth-order valence-electron chi connectivity index (χ4n) is 0.240. The fraction of sp³-hybridized carbons (Fsp3) is 0.750. The SMILES string of the molecule is OCC1(F)[CH]C1. The molecule has 0 bridgehead atoms. The average Bonchev–Trinajstić information content (AvgIpc) is 2.22. The van der Waals surface area contributed by atoms with Crippen LogP contribution in [0.15, 0.2) is 0 Å². The van der Waals surface area contributed by atoms with Gasteiger partial charge < -0.3 is 5.11 Å². The van der Waals surface area contributed by atoms with Gasteiger partial charge in [-0.1, -0.05) is 0 Å². The molecule has 2 heteroatoms. The molecular formula is C4H6FO. The highest BCUT2D eigenvalue weighted by atomic mass is 19.1. The number of aliphatic hydroxyl groups is 1. The highest BCUT2D eigenvalue weighted by Crippen LogP contribution is 2.37. The van der Waals surface area contributed by atoms with E-state index in [1.54, 1.807) is 0 Å². The first-order valence-electron chi connectivity index (χ1n) is 1.91. The van der Waals surface area contributed by atoms with E-state index in [9.17, 15) is 4.39 Å². The number of hydrogen-bond donors (Lipinski definition) is 1. The van der Waals surface area contributed by atoms with Crippen LogP contribution < -0.4 is 0 Å². The Kier molecular flexibility index (Phi) is 0.634. The highest BCUT2D eigenvalue weighted by Gasteiger charge is 2.42. The van der Waals surface area contributed by atoms with Crippen molar-refractivity contribution in [3.05, 3.63) is 6.42 Å². The Morgan fingerprint density at radius 2 is 2.50 bits per heavy atom. The van der Waals surface area contributed by atoms with Crippen LogP contribution in [0.1, 0.15) is 6.42 Å². The van der Waals surface area contributed by atoms with Crippen LogP contribution in [0.2, 0.25) is 0 Å². The van der Waals surface area contributed by atoms with Crippen LogP contribution in [0.3, 0.4) is 0 Å². The molecule has 1 rings (SSSR count). The smallest absolute Gasteiger partial charge is 0.137 e. The van der Waals surface area contributed by atoms with Crippen molar-refractivity contribution in [1.29, 1.82) is 0 Å². The molecule has 0 saturated heterocycles. The molecule has 0 spiro atoms. The molecule has 1 saturated carbocycles. The summed E-state index contributed by atoms with van der Waals surface area (Å²) in [7, 11) is 0. The van der Waals surface area contributed by atoms with Gasteiger partial charge in [-0.15, -0.1) is 0 Å². The third kappa shape index (κ3) is 0.522. The largest absolute Gasteiger partial charge is 0.393 e. The minimum absolute atomic E-state index is 0.340. The summed E-state index contributed by atoms with van der Waals surface area (Å²) in [6.07, 6.45) is 1.89. The van der Waals surface area contributed by atoms with Crippen molar-refractivity contribution in [2.75, 3.05) is 6.61 Å². The summed E-state index contributed by atoms with van der Waals surface area (Å²) in [5, 5.41) is 8.06. The van der Waals surface area contributed by atoms with E-state index >= 15 is 0 Å². The van der Waals surface area contributed by atoms with E-state index in [2.05, 4.69) is 0 Å². The number of hydrogen-bond acceptors (Lipinski definition) is 1. The van der Waals surface area contributed by atoms with Crippen molar-refractivity contribution >= 4 is 0 Å². The van der Waals surface area contributed by atoms with Crippen molar-refractivity contribution in [2.45, 2.75) is 12.1 Å². The Balaban J connectivity index is 2.28. The van der Waals surface area contributed by atoms with Gasteiger partial charge in [-0.05, 0) is 6.42 Å². The van der Waals surface area contributed by atoms with Gasteiger partial charge in [0, 0.05) is 6.42 Å². The molecule has 6 heavy (non-hydrogen) atoms. The van der Waals surface area contributed by atoms with Crippen molar-refractivity contribution in [3.63, 3.8) is 0 Å². The van der Waals surface area contributed by atoms with Crippen LogP contribution in [0.5, 0.6) is 0 Å². The summed E-state index contributed by atoms with van der Waals surface area (Å²) in [4.78, 5) is 0. The Morgan fingerprint density at radius 1 is 2.00 bits per heavy atom. The van der Waals surface area contributed by atoms with Crippen molar-refractivity contribution in [3.8, 4) is 0 Å². The van der Waals surface area contributed by atoms with E-state index < -0.39 is 5.67 Å². The van der Waals surface area contributed by atoms with Crippen molar-refractivity contribution in [2.24, 2.45) is 0 Å².